The zero-order valence-electron chi connectivity index (χ0n) is 18.3. The number of likely N-dealkylation sites (tertiary alicyclic amines) is 1. The van der Waals surface area contributed by atoms with Crippen LogP contribution in [0.1, 0.15) is 24.9 Å². The summed E-state index contributed by atoms with van der Waals surface area (Å²) in [5.74, 6) is 0.115. The summed E-state index contributed by atoms with van der Waals surface area (Å²) < 4.78 is 5.43. The Balaban J connectivity index is 1.95. The van der Waals surface area contributed by atoms with Crippen LogP contribution in [-0.2, 0) is 9.53 Å². The zero-order valence-corrected chi connectivity index (χ0v) is 20.3. The third-order valence-corrected chi connectivity index (χ3v) is 15.2. The van der Waals surface area contributed by atoms with Crippen LogP contribution in [0.15, 0.2) is 30.3 Å². The van der Waals surface area contributed by atoms with Gasteiger partial charge in [-0.3, -0.25) is 9.69 Å². The highest BCUT2D eigenvalue weighted by molar-refractivity contribution is 6.96. The Kier molecular flexibility index (Phi) is 5.29. The highest BCUT2D eigenvalue weighted by Gasteiger charge is 2.64. The van der Waals surface area contributed by atoms with E-state index in [1.165, 1.54) is 0 Å². The lowest BCUT2D eigenvalue weighted by Crippen LogP contribution is -2.81. The van der Waals surface area contributed by atoms with Crippen LogP contribution in [0.3, 0.4) is 0 Å². The summed E-state index contributed by atoms with van der Waals surface area (Å²) in [6.07, 6.45) is 0.256. The van der Waals surface area contributed by atoms with Crippen LogP contribution in [0, 0.1) is 0 Å². The van der Waals surface area contributed by atoms with Gasteiger partial charge in [0.25, 0.3) is 0 Å². The van der Waals surface area contributed by atoms with Gasteiger partial charge in [-0.25, -0.2) is 4.79 Å². The van der Waals surface area contributed by atoms with Crippen LogP contribution in [-0.4, -0.2) is 61.9 Å². The zero-order chi connectivity index (χ0) is 20.9. The first kappa shape index (κ1) is 21.1. The van der Waals surface area contributed by atoms with Gasteiger partial charge in [-0.2, -0.15) is 0 Å². The molecule has 7 heteroatoms. The molecular formula is C21H34N2O3Si2. The topological polar surface area (TPSA) is 49.9 Å². The predicted molar refractivity (Wildman–Crippen MR) is 118 cm³/mol. The molecule has 2 amide bonds. The molecule has 0 bridgehead atoms. The largest absolute Gasteiger partial charge is 0.447 e. The number of carbonyl (C=O) groups is 2. The number of rotatable bonds is 6. The fourth-order valence-corrected chi connectivity index (χ4v) is 18.1. The minimum absolute atomic E-state index is 0.115. The molecule has 2 atom stereocenters. The maximum Gasteiger partial charge on any atom is 0.411 e. The van der Waals surface area contributed by atoms with E-state index in [0.29, 0.717) is 24.9 Å². The molecule has 3 rings (SSSR count). The number of benzene rings is 1. The van der Waals surface area contributed by atoms with Gasteiger partial charge in [0.15, 0.2) is 0 Å². The van der Waals surface area contributed by atoms with Crippen molar-refractivity contribution in [3.63, 3.8) is 0 Å². The Hall–Kier alpha value is -1.61. The number of hydrogen-bond acceptors (Lipinski definition) is 3. The summed E-state index contributed by atoms with van der Waals surface area (Å²) >= 11 is 0. The smallest absolute Gasteiger partial charge is 0.411 e. The molecule has 2 saturated heterocycles. The Bertz CT molecular complexity index is 743. The van der Waals surface area contributed by atoms with Crippen LogP contribution in [0.5, 0.6) is 0 Å². The summed E-state index contributed by atoms with van der Waals surface area (Å²) in [5, 5.41) is 0.362. The molecular weight excluding hydrogens is 384 g/mol. The van der Waals surface area contributed by atoms with E-state index in [4.69, 9.17) is 4.74 Å². The van der Waals surface area contributed by atoms with Crippen LogP contribution >= 0.6 is 0 Å². The molecule has 28 heavy (non-hydrogen) atoms. The van der Waals surface area contributed by atoms with E-state index in [2.05, 4.69) is 44.2 Å². The first-order chi connectivity index (χ1) is 12.9. The summed E-state index contributed by atoms with van der Waals surface area (Å²) in [7, 11) is -3.15. The molecule has 2 aliphatic heterocycles. The van der Waals surface area contributed by atoms with Crippen molar-refractivity contribution in [1.29, 1.82) is 0 Å². The van der Waals surface area contributed by atoms with Gasteiger partial charge in [-0.15, -0.1) is 0 Å². The maximum atomic E-state index is 13.7. The SMILES string of the molecule is CC[C@@]1(N2C(=O)OC[C@@H]2c2ccccc2)CN(C([Si](C)(C)C)[Si](C)(C)C)C1=O. The van der Waals surface area contributed by atoms with Gasteiger partial charge in [0.05, 0.1) is 28.7 Å². The molecule has 1 aromatic carbocycles. The monoisotopic (exact) mass is 418 g/mol. The summed E-state index contributed by atoms with van der Waals surface area (Å²) in [4.78, 5) is 30.3. The number of nitrogens with zero attached hydrogens (tertiary/aromatic N) is 2. The molecule has 5 nitrogen and oxygen atoms in total. The Morgan fingerprint density at radius 1 is 1.07 bits per heavy atom. The first-order valence-corrected chi connectivity index (χ1v) is 17.4. The third kappa shape index (κ3) is 3.32. The lowest BCUT2D eigenvalue weighted by atomic mass is 9.82. The fourth-order valence-electron chi connectivity index (χ4n) is 5.47. The van der Waals surface area contributed by atoms with Gasteiger partial charge in [-0.1, -0.05) is 76.5 Å². The Morgan fingerprint density at radius 2 is 1.64 bits per heavy atom. The molecule has 0 N–H and O–H groups in total. The van der Waals surface area contributed by atoms with Gasteiger partial charge in [0, 0.05) is 5.29 Å². The van der Waals surface area contributed by atoms with E-state index in [-0.39, 0.29) is 18.0 Å². The van der Waals surface area contributed by atoms with Crippen LogP contribution < -0.4 is 0 Å². The second-order valence-corrected chi connectivity index (χ2v) is 21.5. The number of amides is 2. The van der Waals surface area contributed by atoms with E-state index >= 15 is 0 Å². The standard InChI is InChI=1S/C21H34N2O3Si2/c1-8-21(15-22(18(21)24)20(27(2,3)4)28(5,6)7)23-17(14-26-19(23)25)16-12-10-9-11-13-16/h9-13,17,20H,8,14-15H2,1-7H3/t17-,21-/m1/s1. The molecule has 2 heterocycles. The lowest BCUT2D eigenvalue weighted by Gasteiger charge is -2.60. The van der Waals surface area contributed by atoms with Crippen molar-refractivity contribution in [2.24, 2.45) is 0 Å². The first-order valence-electron chi connectivity index (χ1n) is 10.3. The summed E-state index contributed by atoms with van der Waals surface area (Å²) in [6.45, 7) is 17.1. The van der Waals surface area contributed by atoms with E-state index in [1.54, 1.807) is 4.90 Å². The molecule has 0 aromatic heterocycles. The number of hydrogen-bond donors (Lipinski definition) is 0. The number of carbonyl (C=O) groups excluding carboxylic acids is 2. The fraction of sp³-hybridized carbons (Fsp3) is 0.619. The lowest BCUT2D eigenvalue weighted by molar-refractivity contribution is -0.163. The van der Waals surface area contributed by atoms with Crippen molar-refractivity contribution >= 4 is 28.1 Å². The molecule has 0 spiro atoms. The predicted octanol–water partition coefficient (Wildman–Crippen LogP) is 4.29. The third-order valence-electron chi connectivity index (χ3n) is 6.15. The van der Waals surface area contributed by atoms with Crippen LogP contribution in [0.25, 0.3) is 0 Å². The average molecular weight is 419 g/mol. The number of β-lactam (4-membered cyclic amide) rings is 1. The second kappa shape index (κ2) is 7.02. The maximum absolute atomic E-state index is 13.7. The molecule has 2 aliphatic rings. The number of cyclic esters (lactones) is 1. The molecule has 2 fully saturated rings. The quantitative estimate of drug-likeness (QED) is 0.511. The summed E-state index contributed by atoms with van der Waals surface area (Å²) in [6, 6.07) is 9.72. The van der Waals surface area contributed by atoms with E-state index < -0.39 is 21.7 Å². The highest BCUT2D eigenvalue weighted by atomic mass is 28.4. The van der Waals surface area contributed by atoms with E-state index in [9.17, 15) is 9.59 Å². The van der Waals surface area contributed by atoms with Crippen LogP contribution in [0.4, 0.5) is 4.79 Å². The van der Waals surface area contributed by atoms with Gasteiger partial charge >= 0.3 is 6.09 Å². The van der Waals surface area contributed by atoms with Gasteiger partial charge in [0.1, 0.15) is 12.1 Å². The highest BCUT2D eigenvalue weighted by Crippen LogP contribution is 2.44. The average Bonchev–Trinajstić information content (AvgIpc) is 2.98. The number of ether oxygens (including phenoxy) is 1. The van der Waals surface area contributed by atoms with Crippen LogP contribution in [0.2, 0.25) is 39.3 Å². The Labute approximate surface area is 171 Å². The molecule has 0 radical (unpaired) electrons. The molecule has 0 aliphatic carbocycles. The van der Waals surface area contributed by atoms with Crippen molar-refractivity contribution in [3.05, 3.63) is 35.9 Å². The summed E-state index contributed by atoms with van der Waals surface area (Å²) in [5.41, 5.74) is 0.255. The van der Waals surface area contributed by atoms with Gasteiger partial charge < -0.3 is 9.64 Å². The van der Waals surface area contributed by atoms with Crippen molar-refractivity contribution in [2.75, 3.05) is 13.2 Å². The van der Waals surface area contributed by atoms with E-state index in [1.807, 2.05) is 37.3 Å². The van der Waals surface area contributed by atoms with Crippen molar-refractivity contribution in [3.8, 4) is 0 Å². The second-order valence-electron chi connectivity index (χ2n) is 10.3. The Morgan fingerprint density at radius 3 is 2.11 bits per heavy atom. The molecule has 0 unspecified atom stereocenters. The van der Waals surface area contributed by atoms with E-state index in [0.717, 1.165) is 5.56 Å². The minimum atomic E-state index is -1.58. The van der Waals surface area contributed by atoms with Gasteiger partial charge in [0.2, 0.25) is 5.91 Å². The minimum Gasteiger partial charge on any atom is -0.447 e. The van der Waals surface area contributed by atoms with Crippen molar-refractivity contribution in [1.82, 2.24) is 9.80 Å². The molecule has 0 saturated carbocycles. The van der Waals surface area contributed by atoms with Gasteiger partial charge in [-0.05, 0) is 12.0 Å². The normalized spacial score (nSPS) is 25.9. The van der Waals surface area contributed by atoms with Crippen molar-refractivity contribution < 1.29 is 14.3 Å². The molecule has 154 valence electrons. The molecule has 1 aromatic rings. The van der Waals surface area contributed by atoms with Crippen molar-refractivity contribution in [2.45, 2.75) is 69.5 Å².